The van der Waals surface area contributed by atoms with Crippen molar-refractivity contribution in [2.24, 2.45) is 5.41 Å². The van der Waals surface area contributed by atoms with E-state index in [9.17, 15) is 4.79 Å². The number of H-pyrrole nitrogens is 1. The third-order valence-electron chi connectivity index (χ3n) is 8.47. The summed E-state index contributed by atoms with van der Waals surface area (Å²) in [6.45, 7) is 10.5. The fraction of sp³-hybridized carbons (Fsp3) is 0.630. The second-order valence-corrected chi connectivity index (χ2v) is 11.3. The van der Waals surface area contributed by atoms with Gasteiger partial charge < -0.3 is 4.98 Å². The average Bonchev–Trinajstić information content (AvgIpc) is 3.31. The maximum Gasteiger partial charge on any atom is 0.253 e. The molecule has 1 saturated heterocycles. The number of piperidine rings is 1. The number of aromatic amines is 1. The lowest BCUT2D eigenvalue weighted by molar-refractivity contribution is 0.0326. The van der Waals surface area contributed by atoms with Crippen LogP contribution in [0.3, 0.4) is 0 Å². The van der Waals surface area contributed by atoms with Crippen molar-refractivity contribution in [1.82, 2.24) is 30.1 Å². The molecule has 0 radical (unpaired) electrons. The predicted octanol–water partition coefficient (Wildman–Crippen LogP) is 5.10. The van der Waals surface area contributed by atoms with E-state index in [0.29, 0.717) is 5.41 Å². The van der Waals surface area contributed by atoms with Gasteiger partial charge in [0.15, 0.2) is 5.82 Å². The standard InChI is InChI=1S/C27H38N6O/c1-5-26(3,4)33-24(29-30-31-33)23(32-15-9-14-27(18-32)12-7-6-8-13-27)21-17-20-16-19(2)10-11-22(20)28-25(21)34/h10-11,16-17,23H,5-9,12-15,18H2,1-4H3,(H,28,34)/t23-/m1/s1. The van der Waals surface area contributed by atoms with Crippen molar-refractivity contribution >= 4 is 10.9 Å². The van der Waals surface area contributed by atoms with Gasteiger partial charge >= 0.3 is 0 Å². The maximum atomic E-state index is 13.5. The smallest absolute Gasteiger partial charge is 0.253 e. The summed E-state index contributed by atoms with van der Waals surface area (Å²) in [6.07, 6.45) is 9.88. The molecule has 3 aromatic rings. The fourth-order valence-electron chi connectivity index (χ4n) is 6.17. The Hall–Kier alpha value is -2.54. The molecule has 1 aliphatic carbocycles. The topological polar surface area (TPSA) is 79.7 Å². The second kappa shape index (κ2) is 8.91. The van der Waals surface area contributed by atoms with E-state index in [1.165, 1.54) is 44.1 Å². The predicted molar refractivity (Wildman–Crippen MR) is 135 cm³/mol. The number of fused-ring (bicyclic) bond motifs is 1. The lowest BCUT2D eigenvalue weighted by atomic mass is 9.69. The summed E-state index contributed by atoms with van der Waals surface area (Å²) in [5.41, 5.74) is 2.86. The van der Waals surface area contributed by atoms with E-state index in [1.807, 2.05) is 16.8 Å². The molecule has 1 saturated carbocycles. The van der Waals surface area contributed by atoms with E-state index in [2.05, 4.69) is 65.2 Å². The number of nitrogens with one attached hydrogen (secondary N) is 1. The zero-order valence-electron chi connectivity index (χ0n) is 21.1. The first-order valence-corrected chi connectivity index (χ1v) is 13.0. The van der Waals surface area contributed by atoms with Gasteiger partial charge in [0, 0.05) is 17.6 Å². The number of nitrogens with zero attached hydrogens (tertiary/aromatic N) is 5. The van der Waals surface area contributed by atoms with E-state index < -0.39 is 0 Å². The number of aryl methyl sites for hydroxylation is 1. The van der Waals surface area contributed by atoms with Crippen LogP contribution in [-0.4, -0.2) is 43.2 Å². The number of tetrazole rings is 1. The molecule has 182 valence electrons. The van der Waals surface area contributed by atoms with Crippen LogP contribution in [0.25, 0.3) is 10.9 Å². The first-order chi connectivity index (χ1) is 16.3. The number of pyridine rings is 1. The van der Waals surface area contributed by atoms with Gasteiger partial charge in [-0.15, -0.1) is 5.10 Å². The minimum atomic E-state index is -0.270. The quantitative estimate of drug-likeness (QED) is 0.570. The molecule has 3 heterocycles. The van der Waals surface area contributed by atoms with Crippen LogP contribution >= 0.6 is 0 Å². The van der Waals surface area contributed by atoms with Crippen molar-refractivity contribution in [3.63, 3.8) is 0 Å². The molecule has 1 spiro atoms. The molecule has 1 N–H and O–H groups in total. The van der Waals surface area contributed by atoms with Crippen LogP contribution in [0.1, 0.15) is 95.1 Å². The number of rotatable bonds is 5. The van der Waals surface area contributed by atoms with Crippen LogP contribution in [0.5, 0.6) is 0 Å². The first-order valence-electron chi connectivity index (χ1n) is 13.0. The Morgan fingerprint density at radius 3 is 2.65 bits per heavy atom. The molecule has 0 unspecified atom stereocenters. The Labute approximate surface area is 201 Å². The number of hydrogen-bond acceptors (Lipinski definition) is 5. The Bertz CT molecular complexity index is 1210. The maximum absolute atomic E-state index is 13.5. The van der Waals surface area contributed by atoms with Crippen molar-refractivity contribution < 1.29 is 0 Å². The number of aromatic nitrogens is 5. The zero-order valence-corrected chi connectivity index (χ0v) is 21.1. The summed E-state index contributed by atoms with van der Waals surface area (Å²) in [5.74, 6) is 0.775. The van der Waals surface area contributed by atoms with Crippen LogP contribution in [-0.2, 0) is 5.54 Å². The van der Waals surface area contributed by atoms with Crippen LogP contribution in [0, 0.1) is 12.3 Å². The lowest BCUT2D eigenvalue weighted by Gasteiger charge is -2.47. The highest BCUT2D eigenvalue weighted by molar-refractivity contribution is 5.79. The minimum absolute atomic E-state index is 0.0477. The molecule has 2 fully saturated rings. The van der Waals surface area contributed by atoms with Gasteiger partial charge in [0.25, 0.3) is 5.56 Å². The monoisotopic (exact) mass is 462 g/mol. The molecule has 0 bridgehead atoms. The second-order valence-electron chi connectivity index (χ2n) is 11.3. The van der Waals surface area contributed by atoms with Crippen molar-refractivity contribution in [2.75, 3.05) is 13.1 Å². The highest BCUT2D eigenvalue weighted by Gasteiger charge is 2.42. The molecule has 0 amide bonds. The Morgan fingerprint density at radius 2 is 1.88 bits per heavy atom. The largest absolute Gasteiger partial charge is 0.322 e. The van der Waals surface area contributed by atoms with Crippen molar-refractivity contribution in [3.8, 4) is 0 Å². The third kappa shape index (κ3) is 4.19. The molecule has 7 heteroatoms. The third-order valence-corrected chi connectivity index (χ3v) is 8.47. The summed E-state index contributed by atoms with van der Waals surface area (Å²) >= 11 is 0. The highest BCUT2D eigenvalue weighted by Crippen LogP contribution is 2.45. The van der Waals surface area contributed by atoms with Crippen molar-refractivity contribution in [2.45, 2.75) is 90.6 Å². The molecule has 1 aliphatic heterocycles. The summed E-state index contributed by atoms with van der Waals surface area (Å²) < 4.78 is 1.96. The Kier molecular flexibility index (Phi) is 6.09. The Morgan fingerprint density at radius 1 is 1.12 bits per heavy atom. The fourth-order valence-corrected chi connectivity index (χ4v) is 6.17. The van der Waals surface area contributed by atoms with E-state index >= 15 is 0 Å². The summed E-state index contributed by atoms with van der Waals surface area (Å²) in [7, 11) is 0. The molecular formula is C27H38N6O. The van der Waals surface area contributed by atoms with E-state index in [1.54, 1.807) is 0 Å². The van der Waals surface area contributed by atoms with Gasteiger partial charge in [0.2, 0.25) is 0 Å². The SMILES string of the molecule is CCC(C)(C)n1nnnc1[C@@H](c1cc2cc(C)ccc2[nH]c1=O)N1CCCC2(CCCCC2)C1. The Balaban J connectivity index is 1.66. The normalized spacial score (nSPS) is 20.1. The van der Waals surface area contributed by atoms with Gasteiger partial charge in [-0.2, -0.15) is 0 Å². The first kappa shape index (κ1) is 23.2. The number of benzene rings is 1. The van der Waals surface area contributed by atoms with Gasteiger partial charge in [-0.05, 0) is 98.8 Å². The molecule has 5 rings (SSSR count). The molecule has 2 aliphatic rings. The molecular weight excluding hydrogens is 424 g/mol. The molecule has 2 aromatic heterocycles. The highest BCUT2D eigenvalue weighted by atomic mass is 16.1. The average molecular weight is 463 g/mol. The molecule has 34 heavy (non-hydrogen) atoms. The number of hydrogen-bond donors (Lipinski definition) is 1. The molecule has 7 nitrogen and oxygen atoms in total. The van der Waals surface area contributed by atoms with Crippen molar-refractivity contribution in [3.05, 3.63) is 51.6 Å². The molecule has 1 atom stereocenters. The summed E-state index contributed by atoms with van der Waals surface area (Å²) in [5, 5.41) is 14.2. The van der Waals surface area contributed by atoms with E-state index in [4.69, 9.17) is 0 Å². The van der Waals surface area contributed by atoms with Gasteiger partial charge in [0.05, 0.1) is 5.54 Å². The van der Waals surface area contributed by atoms with Gasteiger partial charge in [-0.25, -0.2) is 4.68 Å². The summed E-state index contributed by atoms with van der Waals surface area (Å²) in [6, 6.07) is 7.98. The molecule has 1 aromatic carbocycles. The van der Waals surface area contributed by atoms with Crippen LogP contribution < -0.4 is 5.56 Å². The zero-order chi connectivity index (χ0) is 23.9. The van der Waals surface area contributed by atoms with Crippen LogP contribution in [0.4, 0.5) is 0 Å². The van der Waals surface area contributed by atoms with Crippen LogP contribution in [0.15, 0.2) is 29.1 Å². The lowest BCUT2D eigenvalue weighted by Crippen LogP contribution is -2.48. The van der Waals surface area contributed by atoms with E-state index in [-0.39, 0.29) is 17.1 Å². The number of likely N-dealkylation sites (tertiary alicyclic amines) is 1. The van der Waals surface area contributed by atoms with E-state index in [0.717, 1.165) is 48.2 Å². The van der Waals surface area contributed by atoms with Crippen LogP contribution in [0.2, 0.25) is 0 Å². The van der Waals surface area contributed by atoms with Gasteiger partial charge in [-0.3, -0.25) is 9.69 Å². The van der Waals surface area contributed by atoms with Gasteiger partial charge in [0.1, 0.15) is 6.04 Å². The summed E-state index contributed by atoms with van der Waals surface area (Å²) in [4.78, 5) is 19.2. The van der Waals surface area contributed by atoms with Gasteiger partial charge in [-0.1, -0.05) is 37.8 Å². The minimum Gasteiger partial charge on any atom is -0.322 e. The van der Waals surface area contributed by atoms with Crippen molar-refractivity contribution in [1.29, 1.82) is 0 Å².